The minimum Gasteiger partial charge on any atom is -0.543 e. The Morgan fingerprint density at radius 3 is 1.83 bits per heavy atom. The molecule has 0 unspecified atom stereocenters. The second kappa shape index (κ2) is 7.97. The van der Waals surface area contributed by atoms with Crippen molar-refractivity contribution in [3.63, 3.8) is 0 Å². The van der Waals surface area contributed by atoms with Gasteiger partial charge in [-0.2, -0.15) is 0 Å². The van der Waals surface area contributed by atoms with Gasteiger partial charge in [-0.1, -0.05) is 53.7 Å². The van der Waals surface area contributed by atoms with Gasteiger partial charge in [-0.3, -0.25) is 4.79 Å². The van der Waals surface area contributed by atoms with Crippen molar-refractivity contribution >= 4 is 14.3 Å². The van der Waals surface area contributed by atoms with Crippen molar-refractivity contribution in [2.24, 2.45) is 5.73 Å². The fourth-order valence-electron chi connectivity index (χ4n) is 3.65. The number of carbonyl (C=O) groups is 1. The van der Waals surface area contributed by atoms with Crippen molar-refractivity contribution in [1.29, 1.82) is 0 Å². The van der Waals surface area contributed by atoms with Crippen LogP contribution in [0.1, 0.15) is 59.6 Å². The summed E-state index contributed by atoms with van der Waals surface area (Å²) in [6.45, 7) is 13.5. The minimum atomic E-state index is -1.96. The molecule has 0 fully saturated rings. The summed E-state index contributed by atoms with van der Waals surface area (Å²) in [4.78, 5) is 10.8. The first-order chi connectivity index (χ1) is 10.6. The molecule has 130 valence electrons. The van der Waals surface area contributed by atoms with Gasteiger partial charge in [0.15, 0.2) is 0 Å². The molecule has 3 N–H and O–H groups in total. The Labute approximate surface area is 141 Å². The van der Waals surface area contributed by atoms with Crippen LogP contribution in [-0.2, 0) is 4.79 Å². The summed E-state index contributed by atoms with van der Waals surface area (Å²) in [5.41, 5.74) is 8.26. The van der Waals surface area contributed by atoms with Crippen LogP contribution in [0.25, 0.3) is 0 Å². The third-order valence-corrected chi connectivity index (χ3v) is 10.7. The van der Waals surface area contributed by atoms with Gasteiger partial charge < -0.3 is 15.3 Å². The normalized spacial score (nSPS) is 13.7. The molecule has 0 heterocycles. The smallest absolute Gasteiger partial charge is 0.305 e. The predicted octanol–water partition coefficient (Wildman–Crippen LogP) is 4.72. The molecule has 0 amide bonds. The lowest BCUT2D eigenvalue weighted by Crippen LogP contribution is -2.50. The van der Waals surface area contributed by atoms with E-state index in [-0.39, 0.29) is 6.42 Å². The number of hydrogen-bond donors (Lipinski definition) is 2. The molecule has 0 aromatic heterocycles. The first-order valence-electron chi connectivity index (χ1n) is 8.37. The van der Waals surface area contributed by atoms with E-state index in [1.54, 1.807) is 0 Å². The van der Waals surface area contributed by atoms with Crippen LogP contribution in [0.3, 0.4) is 0 Å². The molecular weight excluding hydrogens is 306 g/mol. The molecule has 1 aromatic carbocycles. The molecule has 1 rings (SSSR count). The zero-order valence-electron chi connectivity index (χ0n) is 15.2. The second-order valence-electron chi connectivity index (χ2n) is 7.19. The zero-order valence-corrected chi connectivity index (χ0v) is 16.2. The number of carboxylic acids is 1. The largest absolute Gasteiger partial charge is 0.543 e. The maximum absolute atomic E-state index is 10.8. The summed E-state index contributed by atoms with van der Waals surface area (Å²) in [7, 11) is -1.96. The van der Waals surface area contributed by atoms with Crippen LogP contribution in [0.4, 0.5) is 0 Å². The Kier molecular flexibility index (Phi) is 6.83. The lowest BCUT2D eigenvalue weighted by molar-refractivity contribution is -0.137. The number of nitrogens with two attached hydrogens (primary N) is 1. The molecule has 0 aliphatic heterocycles. The Morgan fingerprint density at radius 1 is 1.04 bits per heavy atom. The Hall–Kier alpha value is -1.33. The molecule has 1 atom stereocenters. The molecule has 0 saturated heterocycles. The fraction of sp³-hybridized carbons (Fsp3) is 0.611. The summed E-state index contributed by atoms with van der Waals surface area (Å²) in [5.74, 6) is -0.0253. The first-order valence-corrected chi connectivity index (χ1v) is 10.5. The van der Waals surface area contributed by atoms with Gasteiger partial charge in [0.1, 0.15) is 5.75 Å². The maximum Gasteiger partial charge on any atom is 0.305 e. The molecule has 0 spiro atoms. The van der Waals surface area contributed by atoms with Crippen LogP contribution >= 0.6 is 0 Å². The molecule has 4 nitrogen and oxygen atoms in total. The zero-order chi connectivity index (χ0) is 17.8. The summed E-state index contributed by atoms with van der Waals surface area (Å²) in [6, 6.07) is 7.12. The Morgan fingerprint density at radius 2 is 1.48 bits per heavy atom. The van der Waals surface area contributed by atoms with Crippen LogP contribution < -0.4 is 10.2 Å². The highest BCUT2D eigenvalue weighted by Crippen LogP contribution is 2.42. The molecule has 0 bridgehead atoms. The second-order valence-corrected chi connectivity index (χ2v) is 12.6. The number of aliphatic carboxylic acids is 1. The quantitative estimate of drug-likeness (QED) is 0.673. The van der Waals surface area contributed by atoms with Crippen LogP contribution in [0.5, 0.6) is 5.75 Å². The molecule has 0 aliphatic carbocycles. The fourth-order valence-corrected chi connectivity index (χ4v) is 8.90. The van der Waals surface area contributed by atoms with Crippen molar-refractivity contribution in [2.75, 3.05) is 0 Å². The van der Waals surface area contributed by atoms with Crippen LogP contribution in [0.15, 0.2) is 24.3 Å². The summed E-state index contributed by atoms with van der Waals surface area (Å²) in [6.07, 6.45) is -0.0666. The van der Waals surface area contributed by atoms with Crippen molar-refractivity contribution < 1.29 is 14.3 Å². The van der Waals surface area contributed by atoms with Gasteiger partial charge in [0.05, 0.1) is 6.42 Å². The molecule has 0 radical (unpaired) electrons. The van der Waals surface area contributed by atoms with Gasteiger partial charge in [-0.25, -0.2) is 0 Å². The Balaban J connectivity index is 3.01. The van der Waals surface area contributed by atoms with Crippen molar-refractivity contribution in [1.82, 2.24) is 0 Å². The number of benzene rings is 1. The lowest BCUT2D eigenvalue weighted by Gasteiger charge is -2.42. The molecule has 5 heteroatoms. The minimum absolute atomic E-state index is 0.0666. The van der Waals surface area contributed by atoms with E-state index in [0.717, 1.165) is 11.3 Å². The summed E-state index contributed by atoms with van der Waals surface area (Å²) < 4.78 is 6.58. The predicted molar refractivity (Wildman–Crippen MR) is 97.3 cm³/mol. The highest BCUT2D eigenvalue weighted by molar-refractivity contribution is 6.78. The van der Waals surface area contributed by atoms with E-state index in [0.29, 0.717) is 16.6 Å². The van der Waals surface area contributed by atoms with Crippen molar-refractivity contribution in [3.05, 3.63) is 29.8 Å². The maximum atomic E-state index is 10.8. The molecule has 0 saturated carbocycles. The van der Waals surface area contributed by atoms with E-state index in [9.17, 15) is 4.79 Å². The third-order valence-electron chi connectivity index (χ3n) is 4.70. The third kappa shape index (κ3) is 4.58. The summed E-state index contributed by atoms with van der Waals surface area (Å²) in [5, 5.41) is 8.84. The monoisotopic (exact) mass is 337 g/mol. The van der Waals surface area contributed by atoms with Crippen LogP contribution in [0, 0.1) is 0 Å². The van der Waals surface area contributed by atoms with Crippen molar-refractivity contribution in [3.8, 4) is 5.75 Å². The van der Waals surface area contributed by atoms with E-state index in [2.05, 4.69) is 41.5 Å². The standard InChI is InChI=1S/C18H31NO3Si/c1-12(2)23(13(3)4,14(5)6)22-16-9-7-15(8-10-16)17(19)11-18(20)21/h7-10,12-14,17H,11,19H2,1-6H3,(H,20,21)/t17-/m1/s1. The summed E-state index contributed by atoms with van der Waals surface area (Å²) >= 11 is 0. The molecule has 0 aliphatic rings. The first kappa shape index (κ1) is 19.7. The van der Waals surface area contributed by atoms with Crippen LogP contribution in [0.2, 0.25) is 16.6 Å². The highest BCUT2D eigenvalue weighted by Gasteiger charge is 2.46. The van der Waals surface area contributed by atoms with Crippen molar-refractivity contribution in [2.45, 2.75) is 70.6 Å². The van der Waals surface area contributed by atoms with Gasteiger partial charge >= 0.3 is 5.97 Å². The molecule has 23 heavy (non-hydrogen) atoms. The molecule has 1 aromatic rings. The van der Waals surface area contributed by atoms with E-state index in [1.807, 2.05) is 24.3 Å². The van der Waals surface area contributed by atoms with Gasteiger partial charge in [0.25, 0.3) is 8.32 Å². The van der Waals surface area contributed by atoms with E-state index >= 15 is 0 Å². The van der Waals surface area contributed by atoms with Gasteiger partial charge in [0, 0.05) is 6.04 Å². The highest BCUT2D eigenvalue weighted by atomic mass is 28.4. The van der Waals surface area contributed by atoms with Gasteiger partial charge in [-0.05, 0) is 34.3 Å². The van der Waals surface area contributed by atoms with E-state index in [4.69, 9.17) is 15.3 Å². The van der Waals surface area contributed by atoms with E-state index in [1.165, 1.54) is 0 Å². The number of rotatable bonds is 8. The number of hydrogen-bond acceptors (Lipinski definition) is 3. The lowest BCUT2D eigenvalue weighted by atomic mass is 10.1. The van der Waals surface area contributed by atoms with Gasteiger partial charge in [0.2, 0.25) is 0 Å². The van der Waals surface area contributed by atoms with Crippen LogP contribution in [-0.4, -0.2) is 19.4 Å². The van der Waals surface area contributed by atoms with Gasteiger partial charge in [-0.15, -0.1) is 0 Å². The topological polar surface area (TPSA) is 72.5 Å². The number of carboxylic acid groups (broad SMARTS) is 1. The average molecular weight is 338 g/mol. The Bertz CT molecular complexity index is 490. The SMILES string of the molecule is CC(C)[Si](Oc1ccc([C@H](N)CC(=O)O)cc1)(C(C)C)C(C)C. The van der Waals surface area contributed by atoms with E-state index < -0.39 is 20.3 Å². The average Bonchev–Trinajstić information content (AvgIpc) is 2.43. The molecular formula is C18H31NO3Si.